The van der Waals surface area contributed by atoms with Crippen LogP contribution in [0.15, 0.2) is 36.4 Å². The second-order valence-corrected chi connectivity index (χ2v) is 4.42. The summed E-state index contributed by atoms with van der Waals surface area (Å²) in [6.07, 6.45) is -4.40. The molecule has 0 amide bonds. The smallest absolute Gasteiger partial charge is 0.416 e. The number of methoxy groups -OCH3 is 1. The lowest BCUT2D eigenvalue weighted by Crippen LogP contribution is -2.11. The Morgan fingerprint density at radius 3 is 2.52 bits per heavy atom. The molecule has 0 atom stereocenters. The molecular formula is C15H14F3NO2. The van der Waals surface area contributed by atoms with Crippen molar-refractivity contribution in [3.63, 3.8) is 0 Å². The van der Waals surface area contributed by atoms with Gasteiger partial charge < -0.3 is 9.30 Å². The van der Waals surface area contributed by atoms with Crippen molar-refractivity contribution in [2.45, 2.75) is 19.6 Å². The summed E-state index contributed by atoms with van der Waals surface area (Å²) in [5.41, 5.74) is 0.543. The van der Waals surface area contributed by atoms with Gasteiger partial charge >= 0.3 is 12.1 Å². The Labute approximate surface area is 120 Å². The van der Waals surface area contributed by atoms with Crippen LogP contribution in [0.5, 0.6) is 0 Å². The number of carbonyl (C=O) groups excluding carboxylic acids is 1. The molecule has 1 aromatic carbocycles. The first-order chi connectivity index (χ1) is 9.88. The van der Waals surface area contributed by atoms with Gasteiger partial charge in [0.15, 0.2) is 0 Å². The maximum absolute atomic E-state index is 12.8. The van der Waals surface area contributed by atoms with Gasteiger partial charge in [-0.15, -0.1) is 0 Å². The Hall–Kier alpha value is -2.24. The van der Waals surface area contributed by atoms with E-state index in [-0.39, 0.29) is 0 Å². The van der Waals surface area contributed by atoms with Crippen molar-refractivity contribution in [3.05, 3.63) is 47.7 Å². The summed E-state index contributed by atoms with van der Waals surface area (Å²) >= 11 is 0. The second kappa shape index (κ2) is 5.63. The highest BCUT2D eigenvalue weighted by Crippen LogP contribution is 2.32. The number of hydrogen-bond donors (Lipinski definition) is 0. The number of alkyl halides is 3. The molecule has 0 unspecified atom stereocenters. The van der Waals surface area contributed by atoms with Gasteiger partial charge in [-0.05, 0) is 36.8 Å². The van der Waals surface area contributed by atoms with Gasteiger partial charge in [0.1, 0.15) is 5.69 Å². The minimum Gasteiger partial charge on any atom is -0.464 e. The fourth-order valence-corrected chi connectivity index (χ4v) is 2.20. The molecule has 0 N–H and O–H groups in total. The largest absolute Gasteiger partial charge is 0.464 e. The molecule has 0 radical (unpaired) electrons. The maximum atomic E-state index is 12.8. The van der Waals surface area contributed by atoms with Crippen LogP contribution in [0.25, 0.3) is 11.3 Å². The van der Waals surface area contributed by atoms with Crippen LogP contribution in [0.4, 0.5) is 13.2 Å². The van der Waals surface area contributed by atoms with E-state index in [9.17, 15) is 18.0 Å². The molecule has 0 aliphatic heterocycles. The average molecular weight is 297 g/mol. The van der Waals surface area contributed by atoms with E-state index in [0.29, 0.717) is 23.5 Å². The number of halogens is 3. The quantitative estimate of drug-likeness (QED) is 0.802. The molecule has 0 aliphatic rings. The Morgan fingerprint density at radius 2 is 1.95 bits per heavy atom. The second-order valence-electron chi connectivity index (χ2n) is 4.42. The van der Waals surface area contributed by atoms with E-state index in [1.54, 1.807) is 22.8 Å². The average Bonchev–Trinajstić information content (AvgIpc) is 2.89. The van der Waals surface area contributed by atoms with E-state index < -0.39 is 17.7 Å². The first-order valence-corrected chi connectivity index (χ1v) is 6.34. The van der Waals surface area contributed by atoms with Crippen molar-refractivity contribution < 1.29 is 22.7 Å². The van der Waals surface area contributed by atoms with Gasteiger partial charge in [0.2, 0.25) is 0 Å². The summed E-state index contributed by atoms with van der Waals surface area (Å²) in [4.78, 5) is 11.6. The van der Waals surface area contributed by atoms with Crippen LogP contribution >= 0.6 is 0 Å². The zero-order valence-corrected chi connectivity index (χ0v) is 11.6. The number of ether oxygens (including phenoxy) is 1. The summed E-state index contributed by atoms with van der Waals surface area (Å²) in [5.74, 6) is -0.518. The maximum Gasteiger partial charge on any atom is 0.416 e. The van der Waals surface area contributed by atoms with Crippen molar-refractivity contribution in [3.8, 4) is 11.3 Å². The number of nitrogens with zero attached hydrogens (tertiary/aromatic N) is 1. The lowest BCUT2D eigenvalue weighted by molar-refractivity contribution is -0.137. The number of carbonyl (C=O) groups is 1. The number of rotatable bonds is 3. The van der Waals surface area contributed by atoms with E-state index in [2.05, 4.69) is 4.74 Å². The number of hydrogen-bond acceptors (Lipinski definition) is 2. The third-order valence-corrected chi connectivity index (χ3v) is 3.18. The molecule has 2 aromatic rings. The van der Waals surface area contributed by atoms with Crippen LogP contribution in [0, 0.1) is 0 Å². The lowest BCUT2D eigenvalue weighted by atomic mass is 10.1. The van der Waals surface area contributed by atoms with E-state index in [4.69, 9.17) is 0 Å². The van der Waals surface area contributed by atoms with E-state index in [0.717, 1.165) is 12.1 Å². The Kier molecular flexibility index (Phi) is 4.06. The van der Waals surface area contributed by atoms with Gasteiger partial charge in [0, 0.05) is 12.2 Å². The van der Waals surface area contributed by atoms with Gasteiger partial charge in [-0.1, -0.05) is 12.1 Å². The lowest BCUT2D eigenvalue weighted by Gasteiger charge is -2.12. The van der Waals surface area contributed by atoms with Gasteiger partial charge in [0.25, 0.3) is 0 Å². The van der Waals surface area contributed by atoms with E-state index in [1.807, 2.05) is 6.92 Å². The standard InChI is InChI=1S/C15H14F3NO2/c1-3-19-12(7-8-13(19)14(20)21-2)10-5-4-6-11(9-10)15(16,17)18/h4-9H,3H2,1-2H3. The molecule has 1 heterocycles. The summed E-state index contributed by atoms with van der Waals surface area (Å²) in [6, 6.07) is 8.18. The van der Waals surface area contributed by atoms with Crippen molar-refractivity contribution in [1.29, 1.82) is 0 Å². The van der Waals surface area contributed by atoms with E-state index >= 15 is 0 Å². The third-order valence-electron chi connectivity index (χ3n) is 3.18. The third kappa shape index (κ3) is 2.94. The fraction of sp³-hybridized carbons (Fsp3) is 0.267. The van der Waals surface area contributed by atoms with Crippen LogP contribution in [-0.4, -0.2) is 17.6 Å². The van der Waals surface area contributed by atoms with Gasteiger partial charge in [-0.3, -0.25) is 0 Å². The first kappa shape index (κ1) is 15.2. The Bertz CT molecular complexity index is 659. The van der Waals surface area contributed by atoms with Gasteiger partial charge in [-0.25, -0.2) is 4.79 Å². The SMILES string of the molecule is CCn1c(C(=O)OC)ccc1-c1cccc(C(F)(F)F)c1. The zero-order chi connectivity index (χ0) is 15.6. The zero-order valence-electron chi connectivity index (χ0n) is 11.6. The van der Waals surface area contributed by atoms with Gasteiger partial charge in [-0.2, -0.15) is 13.2 Å². The number of benzene rings is 1. The molecule has 0 spiro atoms. The molecule has 2 rings (SSSR count). The van der Waals surface area contributed by atoms with Crippen LogP contribution in [0.3, 0.4) is 0 Å². The highest BCUT2D eigenvalue weighted by atomic mass is 19.4. The molecule has 1 aromatic heterocycles. The predicted molar refractivity (Wildman–Crippen MR) is 71.9 cm³/mol. The summed E-state index contributed by atoms with van der Waals surface area (Å²) < 4.78 is 44.6. The van der Waals surface area contributed by atoms with Crippen LogP contribution in [0.1, 0.15) is 23.0 Å². The van der Waals surface area contributed by atoms with E-state index in [1.165, 1.54) is 13.2 Å². The molecular weight excluding hydrogens is 283 g/mol. The molecule has 112 valence electrons. The minimum absolute atomic E-state index is 0.312. The molecule has 0 bridgehead atoms. The van der Waals surface area contributed by atoms with Crippen molar-refractivity contribution in [2.24, 2.45) is 0 Å². The Balaban J connectivity index is 2.53. The molecule has 0 aliphatic carbocycles. The molecule has 3 nitrogen and oxygen atoms in total. The Morgan fingerprint density at radius 1 is 1.24 bits per heavy atom. The van der Waals surface area contributed by atoms with Crippen molar-refractivity contribution in [2.75, 3.05) is 7.11 Å². The van der Waals surface area contributed by atoms with Gasteiger partial charge in [0.05, 0.1) is 12.7 Å². The van der Waals surface area contributed by atoms with Crippen LogP contribution < -0.4 is 0 Å². The monoisotopic (exact) mass is 297 g/mol. The number of aromatic nitrogens is 1. The fourth-order valence-electron chi connectivity index (χ4n) is 2.20. The summed E-state index contributed by atoms with van der Waals surface area (Å²) in [5, 5.41) is 0. The topological polar surface area (TPSA) is 31.2 Å². The predicted octanol–water partition coefficient (Wildman–Crippen LogP) is 3.98. The molecule has 6 heteroatoms. The summed E-state index contributed by atoms with van der Waals surface area (Å²) in [6.45, 7) is 2.26. The van der Waals surface area contributed by atoms with Crippen molar-refractivity contribution >= 4 is 5.97 Å². The number of esters is 1. The molecule has 0 saturated heterocycles. The minimum atomic E-state index is -4.40. The summed E-state index contributed by atoms with van der Waals surface area (Å²) in [7, 11) is 1.26. The molecule has 0 fully saturated rings. The van der Waals surface area contributed by atoms with Crippen molar-refractivity contribution in [1.82, 2.24) is 4.57 Å². The van der Waals surface area contributed by atoms with Crippen LogP contribution in [-0.2, 0) is 17.5 Å². The highest BCUT2D eigenvalue weighted by Gasteiger charge is 2.30. The van der Waals surface area contributed by atoms with Crippen LogP contribution in [0.2, 0.25) is 0 Å². The molecule has 21 heavy (non-hydrogen) atoms. The highest BCUT2D eigenvalue weighted by molar-refractivity contribution is 5.89. The first-order valence-electron chi connectivity index (χ1n) is 6.34. The normalized spacial score (nSPS) is 11.5. The molecule has 0 saturated carbocycles.